The molecule has 2 aromatic rings. The normalized spacial score (nSPS) is 14.1. The number of urea groups is 1. The number of aryl methyl sites for hydroxylation is 1. The Morgan fingerprint density at radius 2 is 1.69 bits per heavy atom. The number of anilines is 2. The number of benzene rings is 2. The molecular weight excluding hydrogens is 330 g/mol. The molecule has 136 valence electrons. The number of methoxy groups -OCH3 is 1. The third-order valence-electron chi connectivity index (χ3n) is 4.50. The molecule has 1 aliphatic heterocycles. The highest BCUT2D eigenvalue weighted by atomic mass is 16.5. The number of hydrogen-bond acceptors (Lipinski definition) is 4. The van der Waals surface area contributed by atoms with Gasteiger partial charge in [0.1, 0.15) is 0 Å². The maximum absolute atomic E-state index is 12.5. The van der Waals surface area contributed by atoms with Crippen LogP contribution in [-0.4, -0.2) is 50.2 Å². The van der Waals surface area contributed by atoms with Crippen LogP contribution in [0, 0.1) is 6.92 Å². The fourth-order valence-electron chi connectivity index (χ4n) is 2.97. The number of hydrogen-bond donors (Lipinski definition) is 1. The van der Waals surface area contributed by atoms with Crippen LogP contribution in [0.3, 0.4) is 0 Å². The number of rotatable bonds is 3. The Kier molecular flexibility index (Phi) is 5.41. The van der Waals surface area contributed by atoms with Crippen LogP contribution in [0.15, 0.2) is 48.5 Å². The summed E-state index contributed by atoms with van der Waals surface area (Å²) in [4.78, 5) is 28.1. The minimum Gasteiger partial charge on any atom is -0.465 e. The van der Waals surface area contributed by atoms with E-state index in [1.165, 1.54) is 18.4 Å². The highest BCUT2D eigenvalue weighted by molar-refractivity contribution is 5.94. The summed E-state index contributed by atoms with van der Waals surface area (Å²) in [6.45, 7) is 4.95. The van der Waals surface area contributed by atoms with Crippen LogP contribution in [0.4, 0.5) is 16.2 Å². The van der Waals surface area contributed by atoms with Gasteiger partial charge in [0.05, 0.1) is 12.7 Å². The Morgan fingerprint density at radius 3 is 2.35 bits per heavy atom. The van der Waals surface area contributed by atoms with E-state index in [0.29, 0.717) is 24.3 Å². The SMILES string of the molecule is COC(=O)c1cccc(NC(=O)N2CCN(c3ccc(C)cc3)CC2)c1. The molecule has 1 fully saturated rings. The molecule has 26 heavy (non-hydrogen) atoms. The first kappa shape index (κ1) is 17.8. The molecule has 0 radical (unpaired) electrons. The minimum absolute atomic E-state index is 0.157. The smallest absolute Gasteiger partial charge is 0.337 e. The van der Waals surface area contributed by atoms with Crippen molar-refractivity contribution in [1.82, 2.24) is 4.90 Å². The van der Waals surface area contributed by atoms with Gasteiger partial charge in [-0.05, 0) is 37.3 Å². The summed E-state index contributed by atoms with van der Waals surface area (Å²) in [7, 11) is 1.33. The number of piperazine rings is 1. The number of nitrogens with one attached hydrogen (secondary N) is 1. The van der Waals surface area contributed by atoms with Crippen molar-refractivity contribution >= 4 is 23.4 Å². The standard InChI is InChI=1S/C20H23N3O3/c1-15-6-8-18(9-7-15)22-10-12-23(13-11-22)20(25)21-17-5-3-4-16(14-17)19(24)26-2/h3-9,14H,10-13H2,1-2H3,(H,21,25). The predicted octanol–water partition coefficient (Wildman–Crippen LogP) is 3.14. The first-order valence-corrected chi connectivity index (χ1v) is 8.63. The van der Waals surface area contributed by atoms with Crippen molar-refractivity contribution in [3.05, 3.63) is 59.7 Å². The topological polar surface area (TPSA) is 61.9 Å². The molecule has 0 spiro atoms. The number of ether oxygens (including phenoxy) is 1. The van der Waals surface area contributed by atoms with Gasteiger partial charge < -0.3 is 19.9 Å². The average molecular weight is 353 g/mol. The van der Waals surface area contributed by atoms with Crippen LogP contribution < -0.4 is 10.2 Å². The van der Waals surface area contributed by atoms with Crippen LogP contribution in [0.1, 0.15) is 15.9 Å². The summed E-state index contributed by atoms with van der Waals surface area (Å²) in [5, 5.41) is 2.85. The second-order valence-corrected chi connectivity index (χ2v) is 6.31. The zero-order chi connectivity index (χ0) is 18.5. The lowest BCUT2D eigenvalue weighted by Gasteiger charge is -2.36. The average Bonchev–Trinajstić information content (AvgIpc) is 2.68. The third kappa shape index (κ3) is 4.14. The highest BCUT2D eigenvalue weighted by Gasteiger charge is 2.21. The molecule has 0 aliphatic carbocycles. The van der Waals surface area contributed by atoms with Gasteiger partial charge in [0.15, 0.2) is 0 Å². The van der Waals surface area contributed by atoms with E-state index in [0.717, 1.165) is 13.1 Å². The summed E-state index contributed by atoms with van der Waals surface area (Å²) in [6.07, 6.45) is 0. The lowest BCUT2D eigenvalue weighted by molar-refractivity contribution is 0.0600. The summed E-state index contributed by atoms with van der Waals surface area (Å²) in [6, 6.07) is 15.0. The number of nitrogens with zero attached hydrogens (tertiary/aromatic N) is 2. The number of amides is 2. The molecule has 2 aromatic carbocycles. The van der Waals surface area contributed by atoms with Crippen molar-refractivity contribution in [3.8, 4) is 0 Å². The molecule has 0 saturated carbocycles. The summed E-state index contributed by atoms with van der Waals surface area (Å²) in [5.41, 5.74) is 3.41. The van der Waals surface area contributed by atoms with E-state index in [9.17, 15) is 9.59 Å². The van der Waals surface area contributed by atoms with Gasteiger partial charge in [-0.2, -0.15) is 0 Å². The van der Waals surface area contributed by atoms with Gasteiger partial charge in [-0.1, -0.05) is 23.8 Å². The molecule has 1 saturated heterocycles. The monoisotopic (exact) mass is 353 g/mol. The van der Waals surface area contributed by atoms with Crippen molar-refractivity contribution < 1.29 is 14.3 Å². The van der Waals surface area contributed by atoms with Crippen molar-refractivity contribution in [2.75, 3.05) is 43.5 Å². The van der Waals surface area contributed by atoms with Crippen molar-refractivity contribution in [2.24, 2.45) is 0 Å². The fourth-order valence-corrected chi connectivity index (χ4v) is 2.97. The summed E-state index contributed by atoms with van der Waals surface area (Å²) >= 11 is 0. The molecule has 2 amide bonds. The molecule has 0 unspecified atom stereocenters. The van der Waals surface area contributed by atoms with Crippen LogP contribution >= 0.6 is 0 Å². The largest absolute Gasteiger partial charge is 0.465 e. The van der Waals surface area contributed by atoms with Gasteiger partial charge in [-0.3, -0.25) is 0 Å². The Hall–Kier alpha value is -3.02. The summed E-state index contributed by atoms with van der Waals surface area (Å²) in [5.74, 6) is -0.423. The van der Waals surface area contributed by atoms with E-state index in [1.807, 2.05) is 0 Å². The maximum Gasteiger partial charge on any atom is 0.337 e. The quantitative estimate of drug-likeness (QED) is 0.861. The lowest BCUT2D eigenvalue weighted by Crippen LogP contribution is -2.50. The molecule has 3 rings (SSSR count). The van der Waals surface area contributed by atoms with Crippen molar-refractivity contribution in [3.63, 3.8) is 0 Å². The molecule has 1 aliphatic rings. The Labute approximate surface area is 153 Å². The Balaban J connectivity index is 1.57. The number of esters is 1. The molecule has 0 atom stereocenters. The predicted molar refractivity (Wildman–Crippen MR) is 102 cm³/mol. The van der Waals surface area contributed by atoms with Crippen LogP contribution in [-0.2, 0) is 4.74 Å². The van der Waals surface area contributed by atoms with Gasteiger partial charge in [-0.15, -0.1) is 0 Å². The molecule has 0 bridgehead atoms. The lowest BCUT2D eigenvalue weighted by atomic mass is 10.2. The number of carbonyl (C=O) groups excluding carboxylic acids is 2. The van der Waals surface area contributed by atoms with E-state index in [2.05, 4.69) is 41.4 Å². The van der Waals surface area contributed by atoms with E-state index in [1.54, 1.807) is 29.2 Å². The zero-order valence-corrected chi connectivity index (χ0v) is 15.1. The Morgan fingerprint density at radius 1 is 1.00 bits per heavy atom. The van der Waals surface area contributed by atoms with Gasteiger partial charge in [0.2, 0.25) is 0 Å². The first-order valence-electron chi connectivity index (χ1n) is 8.63. The molecule has 1 heterocycles. The van der Waals surface area contributed by atoms with Crippen LogP contribution in [0.5, 0.6) is 0 Å². The van der Waals surface area contributed by atoms with Crippen molar-refractivity contribution in [2.45, 2.75) is 6.92 Å². The first-order chi connectivity index (χ1) is 12.6. The maximum atomic E-state index is 12.5. The van der Waals surface area contributed by atoms with E-state index < -0.39 is 5.97 Å². The molecule has 6 nitrogen and oxygen atoms in total. The molecular formula is C20H23N3O3. The van der Waals surface area contributed by atoms with Gasteiger partial charge in [0.25, 0.3) is 0 Å². The molecule has 1 N–H and O–H groups in total. The van der Waals surface area contributed by atoms with E-state index >= 15 is 0 Å². The molecule has 0 aromatic heterocycles. The van der Waals surface area contributed by atoms with Gasteiger partial charge in [0, 0.05) is 37.6 Å². The fraction of sp³-hybridized carbons (Fsp3) is 0.300. The minimum atomic E-state index is -0.423. The zero-order valence-electron chi connectivity index (χ0n) is 15.1. The molecule has 6 heteroatoms. The summed E-state index contributed by atoms with van der Waals surface area (Å²) < 4.78 is 4.71. The van der Waals surface area contributed by atoms with Crippen LogP contribution in [0.25, 0.3) is 0 Å². The van der Waals surface area contributed by atoms with Gasteiger partial charge in [-0.25, -0.2) is 9.59 Å². The second kappa shape index (κ2) is 7.91. The van der Waals surface area contributed by atoms with Crippen LogP contribution in [0.2, 0.25) is 0 Å². The number of carbonyl (C=O) groups is 2. The Bertz CT molecular complexity index is 781. The van der Waals surface area contributed by atoms with E-state index in [-0.39, 0.29) is 6.03 Å². The van der Waals surface area contributed by atoms with Crippen molar-refractivity contribution in [1.29, 1.82) is 0 Å². The third-order valence-corrected chi connectivity index (χ3v) is 4.50. The van der Waals surface area contributed by atoms with E-state index in [4.69, 9.17) is 4.74 Å². The van der Waals surface area contributed by atoms with Gasteiger partial charge >= 0.3 is 12.0 Å². The highest BCUT2D eigenvalue weighted by Crippen LogP contribution is 2.18. The second-order valence-electron chi connectivity index (χ2n) is 6.31.